The van der Waals surface area contributed by atoms with Gasteiger partial charge >= 0.3 is 0 Å². The fraction of sp³-hybridized carbons (Fsp3) is 0.442. The van der Waals surface area contributed by atoms with Crippen LogP contribution in [0.5, 0.6) is 11.8 Å². The van der Waals surface area contributed by atoms with Crippen molar-refractivity contribution in [1.29, 1.82) is 0 Å². The van der Waals surface area contributed by atoms with E-state index in [1.165, 1.54) is 16.7 Å². The van der Waals surface area contributed by atoms with Crippen molar-refractivity contribution in [3.05, 3.63) is 80.8 Å². The highest BCUT2D eigenvalue weighted by Gasteiger charge is 2.55. The van der Waals surface area contributed by atoms with Crippen LogP contribution < -0.4 is 14.8 Å². The summed E-state index contributed by atoms with van der Waals surface area (Å²) in [5.41, 5.74) is 9.90. The fourth-order valence-corrected chi connectivity index (χ4v) is 11.2. The number of hydrogen-bond acceptors (Lipinski definition) is 8. The Balaban J connectivity index is 0.923. The van der Waals surface area contributed by atoms with Crippen LogP contribution in [0.4, 0.5) is 0 Å². The average molecular weight is 780 g/mol. The predicted molar refractivity (Wildman–Crippen MR) is 211 cm³/mol. The van der Waals surface area contributed by atoms with Crippen molar-refractivity contribution < 1.29 is 19.1 Å². The second-order valence-corrected chi connectivity index (χ2v) is 17.5. The van der Waals surface area contributed by atoms with E-state index in [4.69, 9.17) is 42.6 Å². The first kappa shape index (κ1) is 35.2. The number of fused-ring (bicyclic) bond motifs is 2. The highest BCUT2D eigenvalue weighted by Crippen LogP contribution is 2.52. The van der Waals surface area contributed by atoms with E-state index >= 15 is 0 Å². The number of methoxy groups -OCH3 is 2. The summed E-state index contributed by atoms with van der Waals surface area (Å²) >= 11 is 14.6. The third kappa shape index (κ3) is 5.57. The monoisotopic (exact) mass is 778 g/mol. The van der Waals surface area contributed by atoms with Crippen molar-refractivity contribution in [2.75, 3.05) is 60.0 Å². The van der Waals surface area contributed by atoms with Crippen LogP contribution in [0.25, 0.3) is 33.6 Å². The van der Waals surface area contributed by atoms with Gasteiger partial charge in [0.2, 0.25) is 23.6 Å². The maximum Gasteiger partial charge on any atom is 0.220 e. The Hall–Kier alpha value is -4.22. The quantitative estimate of drug-likeness (QED) is 0.220. The highest BCUT2D eigenvalue weighted by molar-refractivity contribution is 6.39. The lowest BCUT2D eigenvalue weighted by Gasteiger charge is -2.61. The van der Waals surface area contributed by atoms with Crippen LogP contribution >= 0.6 is 23.2 Å². The molecular weight excluding hydrogens is 735 g/mol. The zero-order valence-electron chi connectivity index (χ0n) is 31.4. The van der Waals surface area contributed by atoms with Crippen LogP contribution in [-0.2, 0) is 22.4 Å². The van der Waals surface area contributed by atoms with Gasteiger partial charge in [-0.05, 0) is 48.9 Å². The minimum absolute atomic E-state index is 0.0639. The van der Waals surface area contributed by atoms with Gasteiger partial charge in [0, 0.05) is 115 Å². The number of benzene rings is 2. The van der Waals surface area contributed by atoms with Gasteiger partial charge in [-0.1, -0.05) is 59.6 Å². The number of hydrogen-bond donors (Lipinski definition) is 1. The number of halogens is 2. The zero-order chi connectivity index (χ0) is 37.8. The van der Waals surface area contributed by atoms with Crippen LogP contribution in [0.15, 0.2) is 48.5 Å². The molecule has 2 atom stereocenters. The van der Waals surface area contributed by atoms with Crippen molar-refractivity contribution in [2.45, 2.75) is 51.1 Å². The number of likely N-dealkylation sites (tertiary alicyclic amines) is 3. The summed E-state index contributed by atoms with van der Waals surface area (Å²) in [5, 5.41) is 4.16. The van der Waals surface area contributed by atoms with Gasteiger partial charge in [-0.3, -0.25) is 19.4 Å². The molecule has 1 N–H and O–H groups in total. The second-order valence-electron chi connectivity index (χ2n) is 16.8. The molecular formula is C43H44Cl2N6O4. The number of aryl methyl sites for hydroxylation is 2. The number of ether oxygens (including phenoxy) is 2. The van der Waals surface area contributed by atoms with Crippen LogP contribution in [0, 0.1) is 10.8 Å². The van der Waals surface area contributed by atoms with Gasteiger partial charge in [0.25, 0.3) is 0 Å². The molecule has 6 heterocycles. The van der Waals surface area contributed by atoms with Crippen molar-refractivity contribution in [3.63, 3.8) is 0 Å². The van der Waals surface area contributed by atoms with Crippen molar-refractivity contribution in [2.24, 2.45) is 10.8 Å². The molecule has 284 valence electrons. The lowest BCUT2D eigenvalue weighted by molar-refractivity contribution is -0.161. The van der Waals surface area contributed by atoms with Gasteiger partial charge < -0.3 is 19.7 Å². The summed E-state index contributed by atoms with van der Waals surface area (Å²) in [6.07, 6.45) is 4.48. The molecule has 2 aromatic heterocycles. The molecule has 0 saturated carbocycles. The van der Waals surface area contributed by atoms with Crippen LogP contribution in [0.2, 0.25) is 10.0 Å². The lowest BCUT2D eigenvalue weighted by atomic mass is 9.72. The van der Waals surface area contributed by atoms with E-state index < -0.39 is 0 Å². The van der Waals surface area contributed by atoms with E-state index in [2.05, 4.69) is 27.2 Å². The van der Waals surface area contributed by atoms with Crippen LogP contribution in [-0.4, -0.2) is 96.5 Å². The minimum atomic E-state index is 0.0639. The third-order valence-corrected chi connectivity index (χ3v) is 14.0. The van der Waals surface area contributed by atoms with Crippen molar-refractivity contribution >= 4 is 35.0 Å². The molecule has 2 aliphatic carbocycles. The summed E-state index contributed by atoms with van der Waals surface area (Å²) in [6, 6.07) is 16.8. The smallest absolute Gasteiger partial charge is 0.220 e. The Labute approximate surface area is 331 Å². The van der Waals surface area contributed by atoms with Gasteiger partial charge in [0.15, 0.2) is 0 Å². The molecule has 4 aliphatic heterocycles. The Morgan fingerprint density at radius 3 is 1.65 bits per heavy atom. The molecule has 2 amide bonds. The summed E-state index contributed by atoms with van der Waals surface area (Å²) < 4.78 is 11.9. The van der Waals surface area contributed by atoms with Crippen LogP contribution in [0.3, 0.4) is 0 Å². The van der Waals surface area contributed by atoms with Crippen molar-refractivity contribution in [3.8, 4) is 45.4 Å². The van der Waals surface area contributed by atoms with E-state index in [0.717, 1.165) is 111 Å². The van der Waals surface area contributed by atoms with Gasteiger partial charge in [-0.2, -0.15) is 0 Å². The van der Waals surface area contributed by atoms with Crippen molar-refractivity contribution in [1.82, 2.24) is 30.0 Å². The maximum atomic E-state index is 11.9. The summed E-state index contributed by atoms with van der Waals surface area (Å²) in [6.45, 7) is 7.94. The number of carbonyl (C=O) groups is 2. The number of amides is 2. The largest absolute Gasteiger partial charge is 0.481 e. The van der Waals surface area contributed by atoms with E-state index in [9.17, 15) is 9.59 Å². The molecule has 2 unspecified atom stereocenters. The molecule has 4 aromatic rings. The first-order valence-electron chi connectivity index (χ1n) is 19.3. The Morgan fingerprint density at radius 1 is 0.745 bits per heavy atom. The molecule has 6 aliphatic rings. The fourth-order valence-electron chi connectivity index (χ4n) is 10.6. The second kappa shape index (κ2) is 12.9. The molecule has 4 fully saturated rings. The number of rotatable bonds is 7. The van der Waals surface area contributed by atoms with Gasteiger partial charge in [-0.25, -0.2) is 9.97 Å². The Kier molecular flexibility index (Phi) is 8.27. The number of nitrogens with zero attached hydrogens (tertiary/aromatic N) is 5. The summed E-state index contributed by atoms with van der Waals surface area (Å²) in [7, 11) is 3.38. The lowest BCUT2D eigenvalue weighted by Crippen LogP contribution is -2.72. The molecule has 10 rings (SSSR count). The predicted octanol–water partition coefficient (Wildman–Crippen LogP) is 6.76. The minimum Gasteiger partial charge on any atom is -0.481 e. The van der Waals surface area contributed by atoms with E-state index in [-0.39, 0.29) is 34.7 Å². The highest BCUT2D eigenvalue weighted by atomic mass is 35.5. The molecule has 2 aromatic carbocycles. The Bertz CT molecular complexity index is 2280. The first-order chi connectivity index (χ1) is 26.6. The topological polar surface area (TPSA) is 100 Å². The molecule has 12 heteroatoms. The SMILES string of the molecule is COc1nc(-c2cccc(-c3cccc(-c4cc5c(c(OC)n4)C(N4CC6(CN(C(C)=O)C6)C4)CC5)c3Cl)c2Cl)cc2c1C(N1CC3(CNC(=O)C3)C1)CC2. The Morgan fingerprint density at radius 2 is 1.22 bits per heavy atom. The van der Waals surface area contributed by atoms with E-state index in [1.807, 2.05) is 41.3 Å². The number of pyridine rings is 2. The standard InChI is InChI=1S/C43H44Cl2N6O4/c1-24(52)49-20-43(21-49)22-51(23-43)34-13-11-26-15-32(48-41(55-3)37(26)34)30-9-5-7-28(39(30)45)27-6-4-8-29(38(27)44)31-14-25-10-12-33(36(25)40(47-31)54-2)50-18-42(19-50)16-35(53)46-17-42/h4-9,14-15,33-34H,10-13,16-23H2,1-3H3,(H,46,53). The normalized spacial score (nSPS) is 23.2. The van der Waals surface area contributed by atoms with Gasteiger partial charge in [-0.15, -0.1) is 0 Å². The summed E-state index contributed by atoms with van der Waals surface area (Å²) in [4.78, 5) is 40.8. The number of aromatic nitrogens is 2. The van der Waals surface area contributed by atoms with Crippen LogP contribution in [0.1, 0.15) is 60.5 Å². The van der Waals surface area contributed by atoms with E-state index in [1.54, 1.807) is 21.1 Å². The number of nitrogens with one attached hydrogen (secondary N) is 1. The molecule has 0 radical (unpaired) electrons. The van der Waals surface area contributed by atoms with Gasteiger partial charge in [0.1, 0.15) is 0 Å². The first-order valence-corrected chi connectivity index (χ1v) is 20.1. The van der Waals surface area contributed by atoms with Gasteiger partial charge in [0.05, 0.1) is 35.7 Å². The number of carbonyl (C=O) groups excluding carboxylic acids is 2. The molecule has 55 heavy (non-hydrogen) atoms. The molecule has 4 saturated heterocycles. The van der Waals surface area contributed by atoms with E-state index in [0.29, 0.717) is 28.2 Å². The third-order valence-electron chi connectivity index (χ3n) is 13.2. The maximum absolute atomic E-state index is 11.9. The zero-order valence-corrected chi connectivity index (χ0v) is 32.9. The molecule has 2 spiro atoms. The molecule has 0 bridgehead atoms. The summed E-state index contributed by atoms with van der Waals surface area (Å²) in [5.74, 6) is 1.60. The average Bonchev–Trinajstić information content (AvgIpc) is 3.86. The molecule has 10 nitrogen and oxygen atoms in total.